The van der Waals surface area contributed by atoms with Crippen LogP contribution in [0, 0.1) is 0 Å². The molecule has 0 amide bonds. The van der Waals surface area contributed by atoms with Gasteiger partial charge in [-0.25, -0.2) is 14.8 Å². The number of carbonyl (C=O) groups excluding carboxylic acids is 1. The lowest BCUT2D eigenvalue weighted by atomic mass is 10.1. The zero-order valence-electron chi connectivity index (χ0n) is 12.0. The molecule has 0 fully saturated rings. The average Bonchev–Trinajstić information content (AvgIpc) is 2.99. The summed E-state index contributed by atoms with van der Waals surface area (Å²) >= 11 is 6.50. The normalized spacial score (nSPS) is 11.7. The van der Waals surface area contributed by atoms with Crippen molar-refractivity contribution in [2.45, 2.75) is 6.18 Å². The summed E-state index contributed by atoms with van der Waals surface area (Å²) in [6, 6.07) is 7.10. The molecule has 0 radical (unpaired) electrons. The molecule has 2 aromatic heterocycles. The van der Waals surface area contributed by atoms with Crippen molar-refractivity contribution < 1.29 is 22.7 Å². The number of nitrogens with zero attached hydrogens (tertiary/aromatic N) is 2. The first kappa shape index (κ1) is 16.7. The fraction of sp³-hybridized carbons (Fsp3) is 0.133. The largest absolute Gasteiger partial charge is 0.465 e. The van der Waals surface area contributed by atoms with Crippen molar-refractivity contribution in [2.75, 3.05) is 7.11 Å². The van der Waals surface area contributed by atoms with Crippen LogP contribution >= 0.6 is 22.9 Å². The van der Waals surface area contributed by atoms with Gasteiger partial charge in [-0.1, -0.05) is 23.7 Å². The number of carbonyl (C=O) groups is 1. The molecule has 24 heavy (non-hydrogen) atoms. The number of methoxy groups -OCH3 is 1. The predicted octanol–water partition coefficient (Wildman–Crippen LogP) is 4.82. The summed E-state index contributed by atoms with van der Waals surface area (Å²) in [6.07, 6.45) is -4.46. The monoisotopic (exact) mass is 372 g/mol. The quantitative estimate of drug-likeness (QED) is 0.478. The average molecular weight is 373 g/mol. The highest BCUT2D eigenvalue weighted by molar-refractivity contribution is 7.18. The molecule has 0 saturated heterocycles. The highest BCUT2D eigenvalue weighted by Crippen LogP contribution is 2.39. The first-order valence-electron chi connectivity index (χ1n) is 6.52. The van der Waals surface area contributed by atoms with Crippen LogP contribution in [0.1, 0.15) is 15.2 Å². The van der Waals surface area contributed by atoms with Gasteiger partial charge < -0.3 is 4.74 Å². The number of fused-ring (bicyclic) bond motifs is 1. The van der Waals surface area contributed by atoms with Crippen LogP contribution in [0.3, 0.4) is 0 Å². The second kappa shape index (κ2) is 6.03. The Labute approximate surface area is 142 Å². The van der Waals surface area contributed by atoms with E-state index in [0.717, 1.165) is 6.07 Å². The van der Waals surface area contributed by atoms with Gasteiger partial charge in [-0.3, -0.25) is 0 Å². The van der Waals surface area contributed by atoms with Gasteiger partial charge in [0.1, 0.15) is 14.9 Å². The maximum Gasteiger partial charge on any atom is 0.425 e. The Morgan fingerprint density at radius 2 is 1.88 bits per heavy atom. The van der Waals surface area contributed by atoms with Crippen LogP contribution in [-0.2, 0) is 10.9 Å². The number of alkyl halides is 3. The Kier molecular flexibility index (Phi) is 4.18. The van der Waals surface area contributed by atoms with E-state index in [1.807, 2.05) is 0 Å². The van der Waals surface area contributed by atoms with E-state index in [1.165, 1.54) is 19.2 Å². The molecule has 3 rings (SSSR count). The summed E-state index contributed by atoms with van der Waals surface area (Å²) in [4.78, 5) is 19.0. The van der Waals surface area contributed by atoms with E-state index in [-0.39, 0.29) is 21.2 Å². The number of rotatable bonds is 2. The van der Waals surface area contributed by atoms with E-state index in [1.54, 1.807) is 12.1 Å². The van der Waals surface area contributed by atoms with E-state index < -0.39 is 17.0 Å². The SMILES string of the molecule is COC(=O)c1ccc(-c2nc(Cl)c3cc(C(F)(F)F)sc3n2)cc1. The topological polar surface area (TPSA) is 52.1 Å². The maximum absolute atomic E-state index is 12.8. The van der Waals surface area contributed by atoms with Crippen LogP contribution in [0.5, 0.6) is 0 Å². The van der Waals surface area contributed by atoms with Crippen molar-refractivity contribution in [3.05, 3.63) is 45.9 Å². The fourth-order valence-electron chi connectivity index (χ4n) is 2.03. The number of hydrogen-bond donors (Lipinski definition) is 0. The fourth-order valence-corrected chi connectivity index (χ4v) is 3.21. The second-order valence-electron chi connectivity index (χ2n) is 4.73. The minimum Gasteiger partial charge on any atom is -0.465 e. The Hall–Kier alpha value is -2.19. The van der Waals surface area contributed by atoms with Gasteiger partial charge in [0.15, 0.2) is 5.82 Å². The van der Waals surface area contributed by atoms with Crippen LogP contribution in [0.15, 0.2) is 30.3 Å². The molecule has 0 bridgehead atoms. The summed E-state index contributed by atoms with van der Waals surface area (Å²) in [5.74, 6) is -0.316. The van der Waals surface area contributed by atoms with Crippen molar-refractivity contribution in [3.63, 3.8) is 0 Å². The molecule has 0 spiro atoms. The summed E-state index contributed by atoms with van der Waals surface area (Å²) < 4.78 is 43.0. The molecule has 0 N–H and O–H groups in total. The molecular formula is C15H8ClF3N2O2S. The number of ether oxygens (including phenoxy) is 1. The van der Waals surface area contributed by atoms with E-state index in [2.05, 4.69) is 14.7 Å². The number of halogens is 4. The lowest BCUT2D eigenvalue weighted by molar-refractivity contribution is -0.134. The van der Waals surface area contributed by atoms with Gasteiger partial charge in [-0.2, -0.15) is 13.2 Å². The highest BCUT2D eigenvalue weighted by Gasteiger charge is 2.33. The Bertz CT molecular complexity index is 923. The van der Waals surface area contributed by atoms with Gasteiger partial charge >= 0.3 is 12.1 Å². The smallest absolute Gasteiger partial charge is 0.425 e. The summed E-state index contributed by atoms with van der Waals surface area (Å²) in [5, 5.41) is 0.0997. The molecule has 0 saturated carbocycles. The van der Waals surface area contributed by atoms with Gasteiger partial charge in [0.05, 0.1) is 12.7 Å². The van der Waals surface area contributed by atoms with Gasteiger partial charge in [0.25, 0.3) is 0 Å². The van der Waals surface area contributed by atoms with Gasteiger partial charge in [-0.05, 0) is 18.2 Å². The lowest BCUT2D eigenvalue weighted by Gasteiger charge is -2.03. The van der Waals surface area contributed by atoms with Gasteiger partial charge in [0, 0.05) is 10.9 Å². The Morgan fingerprint density at radius 3 is 2.46 bits per heavy atom. The van der Waals surface area contributed by atoms with Crippen molar-refractivity contribution >= 4 is 39.1 Å². The van der Waals surface area contributed by atoms with Crippen molar-refractivity contribution in [1.29, 1.82) is 0 Å². The summed E-state index contributed by atoms with van der Waals surface area (Å²) in [7, 11) is 1.27. The number of esters is 1. The molecule has 2 heterocycles. The molecule has 4 nitrogen and oxygen atoms in total. The maximum atomic E-state index is 12.8. The third-order valence-electron chi connectivity index (χ3n) is 3.19. The molecule has 0 aliphatic rings. The molecule has 0 aliphatic heterocycles. The van der Waals surface area contributed by atoms with E-state index >= 15 is 0 Å². The summed E-state index contributed by atoms with van der Waals surface area (Å²) in [6.45, 7) is 0. The molecular weight excluding hydrogens is 365 g/mol. The standard InChI is InChI=1S/C15H8ClF3N2O2S/c1-23-14(22)8-4-2-7(3-5-8)12-20-11(16)9-6-10(15(17,18)19)24-13(9)21-12/h2-6H,1H3. The van der Waals surface area contributed by atoms with E-state index in [9.17, 15) is 18.0 Å². The molecule has 0 aliphatic carbocycles. The van der Waals surface area contributed by atoms with Crippen molar-refractivity contribution in [1.82, 2.24) is 9.97 Å². The zero-order valence-corrected chi connectivity index (χ0v) is 13.6. The van der Waals surface area contributed by atoms with Crippen LogP contribution in [0.2, 0.25) is 5.15 Å². The van der Waals surface area contributed by atoms with Crippen molar-refractivity contribution in [2.24, 2.45) is 0 Å². The summed E-state index contributed by atoms with van der Waals surface area (Å²) in [5.41, 5.74) is 0.859. The van der Waals surface area contributed by atoms with Crippen LogP contribution < -0.4 is 0 Å². The first-order chi connectivity index (χ1) is 11.3. The molecule has 124 valence electrons. The molecule has 3 aromatic rings. The van der Waals surface area contributed by atoms with E-state index in [0.29, 0.717) is 22.5 Å². The number of benzene rings is 1. The third kappa shape index (κ3) is 3.07. The predicted molar refractivity (Wildman–Crippen MR) is 84.2 cm³/mol. The number of thiophene rings is 1. The zero-order chi connectivity index (χ0) is 17.5. The third-order valence-corrected chi connectivity index (χ3v) is 4.55. The number of hydrogen-bond acceptors (Lipinski definition) is 5. The lowest BCUT2D eigenvalue weighted by Crippen LogP contribution is -2.00. The van der Waals surface area contributed by atoms with Gasteiger partial charge in [0.2, 0.25) is 0 Å². The van der Waals surface area contributed by atoms with Crippen LogP contribution in [0.25, 0.3) is 21.6 Å². The number of aromatic nitrogens is 2. The minimum atomic E-state index is -4.46. The van der Waals surface area contributed by atoms with Gasteiger partial charge in [-0.15, -0.1) is 11.3 Å². The Morgan fingerprint density at radius 1 is 1.21 bits per heavy atom. The molecule has 0 atom stereocenters. The first-order valence-corrected chi connectivity index (χ1v) is 7.72. The highest BCUT2D eigenvalue weighted by atomic mass is 35.5. The molecule has 9 heteroatoms. The minimum absolute atomic E-state index is 0.0567. The second-order valence-corrected chi connectivity index (χ2v) is 6.12. The van der Waals surface area contributed by atoms with Crippen molar-refractivity contribution in [3.8, 4) is 11.4 Å². The molecule has 0 unspecified atom stereocenters. The van der Waals surface area contributed by atoms with E-state index in [4.69, 9.17) is 11.6 Å². The van der Waals surface area contributed by atoms with Crippen LogP contribution in [-0.4, -0.2) is 23.0 Å². The Balaban J connectivity index is 2.05. The molecule has 1 aromatic carbocycles. The van der Waals surface area contributed by atoms with Crippen LogP contribution in [0.4, 0.5) is 13.2 Å².